The number of benzene rings is 2. The molecule has 1 N–H and O–H groups in total. The van der Waals surface area contributed by atoms with E-state index in [0.29, 0.717) is 35.0 Å². The Kier molecular flexibility index (Phi) is 7.15. The Bertz CT molecular complexity index is 1130. The summed E-state index contributed by atoms with van der Waals surface area (Å²) in [5, 5.41) is 8.96. The first-order chi connectivity index (χ1) is 15.5. The number of ether oxygens (including phenoxy) is 1. The highest BCUT2D eigenvalue weighted by Gasteiger charge is 2.33. The lowest BCUT2D eigenvalue weighted by atomic mass is 9.95. The van der Waals surface area contributed by atoms with E-state index in [1.54, 1.807) is 18.9 Å². The summed E-state index contributed by atoms with van der Waals surface area (Å²) < 4.78 is 11.0. The maximum absolute atomic E-state index is 6.11. The second-order valence-electron chi connectivity index (χ2n) is 7.23. The van der Waals surface area contributed by atoms with Crippen LogP contribution in [0, 0.1) is 0 Å². The van der Waals surface area contributed by atoms with Crippen LogP contribution in [0.2, 0.25) is 5.02 Å². The standard InChI is InChI=1S/C23H23ClN4O2S2/c1-14-19(22-26-21(27-30-22)16-6-10-18(32-3)11-7-16)20(15-4-8-17(24)9-5-15)25-23(31)28(14)12-13-29-2/h4-11,20H,12-13H2,1-3H3,(H,25,31). The van der Waals surface area contributed by atoms with Crippen LogP contribution in [0.3, 0.4) is 0 Å². The zero-order valence-electron chi connectivity index (χ0n) is 18.0. The van der Waals surface area contributed by atoms with Crippen molar-refractivity contribution < 1.29 is 9.26 Å². The van der Waals surface area contributed by atoms with Crippen LogP contribution in [0.15, 0.2) is 63.6 Å². The van der Waals surface area contributed by atoms with Gasteiger partial charge in [0.25, 0.3) is 5.89 Å². The number of halogens is 1. The summed E-state index contributed by atoms with van der Waals surface area (Å²) >= 11 is 13.5. The number of thiocarbonyl (C=S) groups is 1. The average Bonchev–Trinajstić information content (AvgIpc) is 3.29. The smallest absolute Gasteiger partial charge is 0.258 e. The van der Waals surface area contributed by atoms with E-state index in [1.165, 1.54) is 4.90 Å². The summed E-state index contributed by atoms with van der Waals surface area (Å²) in [5.41, 5.74) is 3.71. The van der Waals surface area contributed by atoms with E-state index >= 15 is 0 Å². The van der Waals surface area contributed by atoms with Crippen molar-refractivity contribution in [1.82, 2.24) is 20.4 Å². The molecule has 32 heavy (non-hydrogen) atoms. The zero-order chi connectivity index (χ0) is 22.7. The van der Waals surface area contributed by atoms with Gasteiger partial charge in [-0.2, -0.15) is 4.98 Å². The lowest BCUT2D eigenvalue weighted by Crippen LogP contribution is -2.47. The topological polar surface area (TPSA) is 63.4 Å². The van der Waals surface area contributed by atoms with E-state index in [-0.39, 0.29) is 6.04 Å². The molecule has 4 rings (SSSR count). The van der Waals surface area contributed by atoms with Crippen molar-refractivity contribution in [3.8, 4) is 11.4 Å². The molecule has 1 aromatic heterocycles. The van der Waals surface area contributed by atoms with Gasteiger partial charge in [0, 0.05) is 34.8 Å². The van der Waals surface area contributed by atoms with Crippen molar-refractivity contribution in [2.75, 3.05) is 26.5 Å². The van der Waals surface area contributed by atoms with Gasteiger partial charge < -0.3 is 19.5 Å². The summed E-state index contributed by atoms with van der Waals surface area (Å²) in [5.74, 6) is 0.989. The van der Waals surface area contributed by atoms with Crippen LogP contribution >= 0.6 is 35.6 Å². The second kappa shape index (κ2) is 10.0. The van der Waals surface area contributed by atoms with Crippen molar-refractivity contribution >= 4 is 46.3 Å². The first-order valence-corrected chi connectivity index (χ1v) is 12.0. The highest BCUT2D eigenvalue weighted by atomic mass is 35.5. The molecule has 3 aromatic rings. The number of hydrogen-bond acceptors (Lipinski definition) is 6. The molecule has 0 aliphatic carbocycles. The molecule has 0 spiro atoms. The number of aromatic nitrogens is 2. The quantitative estimate of drug-likeness (QED) is 0.351. The molecule has 0 saturated heterocycles. The summed E-state index contributed by atoms with van der Waals surface area (Å²) in [4.78, 5) is 7.91. The van der Waals surface area contributed by atoms with E-state index in [0.717, 1.165) is 22.4 Å². The summed E-state index contributed by atoms with van der Waals surface area (Å²) in [6.07, 6.45) is 2.05. The van der Waals surface area contributed by atoms with Gasteiger partial charge in [-0.15, -0.1) is 11.8 Å². The minimum absolute atomic E-state index is 0.245. The van der Waals surface area contributed by atoms with Gasteiger partial charge in [-0.1, -0.05) is 28.9 Å². The fourth-order valence-corrected chi connectivity index (χ4v) is 4.49. The minimum atomic E-state index is -0.245. The van der Waals surface area contributed by atoms with Crippen molar-refractivity contribution in [3.05, 3.63) is 70.7 Å². The molecule has 0 fully saturated rings. The third-order valence-corrected chi connectivity index (χ3v) is 6.66. The van der Waals surface area contributed by atoms with Gasteiger partial charge >= 0.3 is 0 Å². The molecule has 1 aliphatic heterocycles. The molecule has 9 heteroatoms. The average molecular weight is 487 g/mol. The van der Waals surface area contributed by atoms with Gasteiger partial charge in [-0.3, -0.25) is 0 Å². The highest BCUT2D eigenvalue weighted by molar-refractivity contribution is 7.98. The first kappa shape index (κ1) is 22.8. The molecule has 2 aromatic carbocycles. The van der Waals surface area contributed by atoms with Crippen LogP contribution in [0.4, 0.5) is 0 Å². The fraction of sp³-hybridized carbons (Fsp3) is 0.261. The van der Waals surface area contributed by atoms with Gasteiger partial charge in [-0.05, 0) is 67.4 Å². The van der Waals surface area contributed by atoms with Gasteiger partial charge in [0.1, 0.15) is 0 Å². The van der Waals surface area contributed by atoms with Crippen LogP contribution in [0.25, 0.3) is 17.0 Å². The maximum atomic E-state index is 6.11. The molecular weight excluding hydrogens is 464 g/mol. The number of methoxy groups -OCH3 is 1. The Hall–Kier alpha value is -2.39. The van der Waals surface area contributed by atoms with Gasteiger partial charge in [0.2, 0.25) is 5.82 Å². The lowest BCUT2D eigenvalue weighted by molar-refractivity contribution is 0.183. The summed E-state index contributed by atoms with van der Waals surface area (Å²) in [6, 6.07) is 15.5. The van der Waals surface area contributed by atoms with E-state index in [9.17, 15) is 0 Å². The Morgan fingerprint density at radius 3 is 2.56 bits per heavy atom. The monoisotopic (exact) mass is 486 g/mol. The van der Waals surface area contributed by atoms with E-state index < -0.39 is 0 Å². The Balaban J connectivity index is 1.76. The van der Waals surface area contributed by atoms with E-state index in [2.05, 4.69) is 10.5 Å². The molecular formula is C23H23ClN4O2S2. The normalized spacial score (nSPS) is 16.4. The molecule has 1 unspecified atom stereocenters. The van der Waals surface area contributed by atoms with Crippen molar-refractivity contribution in [1.29, 1.82) is 0 Å². The number of nitrogens with one attached hydrogen (secondary N) is 1. The van der Waals surface area contributed by atoms with Crippen LogP contribution < -0.4 is 5.32 Å². The molecule has 166 valence electrons. The number of thioether (sulfide) groups is 1. The molecule has 1 atom stereocenters. The number of rotatable bonds is 7. The minimum Gasteiger partial charge on any atom is -0.383 e. The third kappa shape index (κ3) is 4.68. The number of hydrogen-bond donors (Lipinski definition) is 1. The van der Waals surface area contributed by atoms with Crippen LogP contribution in [0.1, 0.15) is 24.4 Å². The molecule has 0 radical (unpaired) electrons. The van der Waals surface area contributed by atoms with Crippen molar-refractivity contribution in [2.45, 2.75) is 17.9 Å². The maximum Gasteiger partial charge on any atom is 0.258 e. The third-order valence-electron chi connectivity index (χ3n) is 5.32. The van der Waals surface area contributed by atoms with Crippen LogP contribution in [0.5, 0.6) is 0 Å². The molecule has 0 saturated carbocycles. The molecule has 1 aliphatic rings. The Morgan fingerprint density at radius 1 is 1.19 bits per heavy atom. The molecule has 0 bridgehead atoms. The van der Waals surface area contributed by atoms with Crippen molar-refractivity contribution in [2.24, 2.45) is 0 Å². The van der Waals surface area contributed by atoms with E-state index in [1.807, 2.05) is 66.6 Å². The number of nitrogens with zero attached hydrogens (tertiary/aromatic N) is 3. The Morgan fingerprint density at radius 2 is 1.91 bits per heavy atom. The fourth-order valence-electron chi connectivity index (χ4n) is 3.61. The van der Waals surface area contributed by atoms with Crippen LogP contribution in [-0.4, -0.2) is 46.7 Å². The summed E-state index contributed by atoms with van der Waals surface area (Å²) in [6.45, 7) is 3.16. The molecule has 6 nitrogen and oxygen atoms in total. The van der Waals surface area contributed by atoms with Gasteiger partial charge in [0.05, 0.1) is 18.2 Å². The van der Waals surface area contributed by atoms with Crippen LogP contribution in [-0.2, 0) is 4.74 Å². The molecule has 0 amide bonds. The largest absolute Gasteiger partial charge is 0.383 e. The summed E-state index contributed by atoms with van der Waals surface area (Å²) in [7, 11) is 1.67. The Labute approximate surface area is 202 Å². The number of allylic oxidation sites excluding steroid dienone is 1. The predicted molar refractivity (Wildman–Crippen MR) is 133 cm³/mol. The first-order valence-electron chi connectivity index (χ1n) is 10.0. The molecule has 2 heterocycles. The van der Waals surface area contributed by atoms with Crippen molar-refractivity contribution in [3.63, 3.8) is 0 Å². The van der Waals surface area contributed by atoms with E-state index in [4.69, 9.17) is 38.1 Å². The second-order valence-corrected chi connectivity index (χ2v) is 8.93. The van der Waals surface area contributed by atoms with Gasteiger partial charge in [0.15, 0.2) is 5.11 Å². The lowest BCUT2D eigenvalue weighted by Gasteiger charge is -2.37. The highest BCUT2D eigenvalue weighted by Crippen LogP contribution is 2.37. The zero-order valence-corrected chi connectivity index (χ0v) is 20.4. The SMILES string of the molecule is COCCN1C(=S)NC(c2ccc(Cl)cc2)C(c2nc(-c3ccc(SC)cc3)no2)=C1C. The van der Waals surface area contributed by atoms with Gasteiger partial charge in [-0.25, -0.2) is 0 Å². The predicted octanol–water partition coefficient (Wildman–Crippen LogP) is 5.42.